The minimum absolute atomic E-state index is 0.0478. The molecule has 2 saturated heterocycles. The Balaban J connectivity index is 1.81. The lowest BCUT2D eigenvalue weighted by molar-refractivity contribution is -0.125. The molecule has 23 heavy (non-hydrogen) atoms. The number of morpholine rings is 1. The molecule has 0 radical (unpaired) electrons. The van der Waals surface area contributed by atoms with Crippen molar-refractivity contribution in [1.82, 2.24) is 20.0 Å². The van der Waals surface area contributed by atoms with Crippen LogP contribution in [0.5, 0.6) is 0 Å². The molecule has 0 saturated carbocycles. The zero-order valence-electron chi connectivity index (χ0n) is 14.2. The first-order chi connectivity index (χ1) is 11.1. The van der Waals surface area contributed by atoms with Crippen molar-refractivity contribution in [2.75, 3.05) is 46.0 Å². The van der Waals surface area contributed by atoms with Crippen LogP contribution in [-0.4, -0.2) is 72.2 Å². The smallest absolute Gasteiger partial charge is 0.257 e. The highest BCUT2D eigenvalue weighted by atomic mass is 16.5. The Morgan fingerprint density at radius 3 is 2.96 bits per heavy atom. The maximum Gasteiger partial charge on any atom is 0.257 e. The first-order valence-corrected chi connectivity index (χ1v) is 8.32. The number of aromatic nitrogens is 2. The molecular formula is C16H26N4O3. The molecule has 2 aliphatic heterocycles. The van der Waals surface area contributed by atoms with E-state index in [1.807, 2.05) is 30.4 Å². The average Bonchev–Trinajstić information content (AvgIpc) is 2.71. The summed E-state index contributed by atoms with van der Waals surface area (Å²) in [6.45, 7) is 11.1. The topological polar surface area (TPSA) is 68.6 Å². The highest BCUT2D eigenvalue weighted by Crippen LogP contribution is 2.23. The van der Waals surface area contributed by atoms with Gasteiger partial charge in [0.05, 0.1) is 37.6 Å². The van der Waals surface area contributed by atoms with Gasteiger partial charge in [0.2, 0.25) is 0 Å². The fraction of sp³-hybridized carbons (Fsp3) is 0.750. The van der Waals surface area contributed by atoms with Gasteiger partial charge >= 0.3 is 0 Å². The minimum atomic E-state index is -0.438. The Hall–Kier alpha value is -1.44. The molecule has 7 nitrogen and oxygen atoms in total. The van der Waals surface area contributed by atoms with Crippen LogP contribution in [-0.2, 0) is 16.0 Å². The van der Waals surface area contributed by atoms with E-state index < -0.39 is 5.60 Å². The number of nitrogens with one attached hydrogen (secondary N) is 1. The number of amides is 1. The third kappa shape index (κ3) is 3.13. The highest BCUT2D eigenvalue weighted by Gasteiger charge is 2.40. The Morgan fingerprint density at radius 2 is 2.22 bits per heavy atom. The lowest BCUT2D eigenvalue weighted by atomic mass is 10.0. The normalized spacial score (nSPS) is 25.6. The Morgan fingerprint density at radius 1 is 1.39 bits per heavy atom. The maximum absolute atomic E-state index is 13.0. The van der Waals surface area contributed by atoms with E-state index in [1.54, 1.807) is 0 Å². The van der Waals surface area contributed by atoms with Crippen molar-refractivity contribution in [3.63, 3.8) is 0 Å². The molecule has 1 aromatic rings. The van der Waals surface area contributed by atoms with Gasteiger partial charge in [-0.3, -0.25) is 9.48 Å². The van der Waals surface area contributed by atoms with E-state index in [2.05, 4.69) is 10.4 Å². The van der Waals surface area contributed by atoms with Gasteiger partial charge in [0.15, 0.2) is 0 Å². The van der Waals surface area contributed by atoms with Crippen LogP contribution in [0.2, 0.25) is 0 Å². The molecule has 0 bridgehead atoms. The van der Waals surface area contributed by atoms with Gasteiger partial charge in [-0.05, 0) is 20.8 Å². The van der Waals surface area contributed by atoms with Crippen LogP contribution in [0.25, 0.3) is 0 Å². The highest BCUT2D eigenvalue weighted by molar-refractivity contribution is 5.96. The lowest BCUT2D eigenvalue weighted by Crippen LogP contribution is -2.59. The fourth-order valence-electron chi connectivity index (χ4n) is 3.45. The van der Waals surface area contributed by atoms with Gasteiger partial charge in [-0.2, -0.15) is 5.10 Å². The summed E-state index contributed by atoms with van der Waals surface area (Å²) in [4.78, 5) is 14.9. The summed E-state index contributed by atoms with van der Waals surface area (Å²) in [7, 11) is 0. The van der Waals surface area contributed by atoms with Crippen LogP contribution in [0.3, 0.4) is 0 Å². The number of ether oxygens (including phenoxy) is 2. The van der Waals surface area contributed by atoms with Crippen molar-refractivity contribution < 1.29 is 14.3 Å². The summed E-state index contributed by atoms with van der Waals surface area (Å²) < 4.78 is 13.5. The number of carbonyl (C=O) groups excluding carboxylic acids is 1. The van der Waals surface area contributed by atoms with Crippen molar-refractivity contribution in [3.05, 3.63) is 17.0 Å². The van der Waals surface area contributed by atoms with Crippen LogP contribution in [0, 0.1) is 13.8 Å². The number of rotatable bonds is 2. The predicted molar refractivity (Wildman–Crippen MR) is 85.7 cm³/mol. The van der Waals surface area contributed by atoms with Crippen molar-refractivity contribution in [3.8, 4) is 0 Å². The maximum atomic E-state index is 13.0. The van der Waals surface area contributed by atoms with Gasteiger partial charge in [-0.25, -0.2) is 0 Å². The van der Waals surface area contributed by atoms with Gasteiger partial charge in [0.25, 0.3) is 5.91 Å². The van der Waals surface area contributed by atoms with Crippen molar-refractivity contribution in [1.29, 1.82) is 0 Å². The van der Waals surface area contributed by atoms with Crippen LogP contribution in [0.4, 0.5) is 0 Å². The monoisotopic (exact) mass is 322 g/mol. The SMILES string of the molecule is CCn1nc(C)c(C(=O)N2CCO[C@@]3(CNCCOC3)C2)c1C. The van der Waals surface area contributed by atoms with Gasteiger partial charge in [-0.1, -0.05) is 0 Å². The van der Waals surface area contributed by atoms with E-state index in [4.69, 9.17) is 9.47 Å². The fourth-order valence-corrected chi connectivity index (χ4v) is 3.45. The largest absolute Gasteiger partial charge is 0.377 e. The molecule has 0 unspecified atom stereocenters. The number of hydrogen-bond acceptors (Lipinski definition) is 5. The predicted octanol–water partition coefficient (Wildman–Crippen LogP) is 0.351. The molecule has 1 atom stereocenters. The van der Waals surface area contributed by atoms with Crippen LogP contribution in [0.1, 0.15) is 28.7 Å². The zero-order valence-corrected chi connectivity index (χ0v) is 14.2. The minimum Gasteiger partial charge on any atom is -0.377 e. The second-order valence-electron chi connectivity index (χ2n) is 6.35. The number of carbonyl (C=O) groups is 1. The van der Waals surface area contributed by atoms with Gasteiger partial charge in [-0.15, -0.1) is 0 Å². The quantitative estimate of drug-likeness (QED) is 0.851. The molecule has 3 heterocycles. The first kappa shape index (κ1) is 16.4. The van der Waals surface area contributed by atoms with Crippen LogP contribution in [0.15, 0.2) is 0 Å². The van der Waals surface area contributed by atoms with Crippen molar-refractivity contribution in [2.24, 2.45) is 0 Å². The van der Waals surface area contributed by atoms with Crippen LogP contribution >= 0.6 is 0 Å². The molecule has 2 aliphatic rings. The summed E-state index contributed by atoms with van der Waals surface area (Å²) in [6, 6.07) is 0. The molecule has 0 aromatic carbocycles. The molecule has 7 heteroatoms. The zero-order chi connectivity index (χ0) is 16.4. The third-order valence-electron chi connectivity index (χ3n) is 4.67. The second kappa shape index (κ2) is 6.59. The second-order valence-corrected chi connectivity index (χ2v) is 6.35. The number of hydrogen-bond donors (Lipinski definition) is 1. The van der Waals surface area contributed by atoms with E-state index in [0.29, 0.717) is 39.5 Å². The Bertz CT molecular complexity index is 576. The van der Waals surface area contributed by atoms with Gasteiger partial charge < -0.3 is 19.7 Å². The molecule has 1 amide bonds. The number of aryl methyl sites for hydroxylation is 2. The molecule has 1 N–H and O–H groups in total. The molecule has 2 fully saturated rings. The van der Waals surface area contributed by atoms with E-state index >= 15 is 0 Å². The Labute approximate surface area is 136 Å². The summed E-state index contributed by atoms with van der Waals surface area (Å²) in [6.07, 6.45) is 0. The summed E-state index contributed by atoms with van der Waals surface area (Å²) >= 11 is 0. The van der Waals surface area contributed by atoms with Crippen LogP contribution < -0.4 is 5.32 Å². The molecule has 0 aliphatic carbocycles. The molecule has 1 aromatic heterocycles. The van der Waals surface area contributed by atoms with Crippen molar-refractivity contribution in [2.45, 2.75) is 32.9 Å². The van der Waals surface area contributed by atoms with Gasteiger partial charge in [0.1, 0.15) is 5.60 Å². The molecule has 1 spiro atoms. The van der Waals surface area contributed by atoms with Crippen molar-refractivity contribution >= 4 is 5.91 Å². The van der Waals surface area contributed by atoms with Gasteiger partial charge in [0, 0.05) is 31.9 Å². The molecular weight excluding hydrogens is 296 g/mol. The Kier molecular flexibility index (Phi) is 4.70. The summed E-state index contributed by atoms with van der Waals surface area (Å²) in [5, 5.41) is 7.80. The summed E-state index contributed by atoms with van der Waals surface area (Å²) in [5.74, 6) is 0.0478. The van der Waals surface area contributed by atoms with E-state index in [9.17, 15) is 4.79 Å². The van der Waals surface area contributed by atoms with E-state index in [-0.39, 0.29) is 5.91 Å². The standard InChI is InChI=1S/C16H26N4O3/c1-4-20-13(3)14(12(2)18-20)15(21)19-6-8-23-16(10-19)9-17-5-7-22-11-16/h17H,4-11H2,1-3H3/t16-/m0/s1. The summed E-state index contributed by atoms with van der Waals surface area (Å²) in [5.41, 5.74) is 2.02. The van der Waals surface area contributed by atoms with E-state index in [1.165, 1.54) is 0 Å². The molecule has 128 valence electrons. The number of nitrogens with zero attached hydrogens (tertiary/aromatic N) is 3. The average molecular weight is 322 g/mol. The first-order valence-electron chi connectivity index (χ1n) is 8.32. The van der Waals surface area contributed by atoms with E-state index in [0.717, 1.165) is 30.0 Å². The lowest BCUT2D eigenvalue weighted by Gasteiger charge is -2.41. The molecule has 3 rings (SSSR count). The third-order valence-corrected chi connectivity index (χ3v) is 4.67.